The quantitative estimate of drug-likeness (QED) is 0.772. The van der Waals surface area contributed by atoms with Crippen molar-refractivity contribution in [2.45, 2.75) is 33.7 Å². The lowest BCUT2D eigenvalue weighted by Gasteiger charge is -2.35. The SMILES string of the molecule is CC(N(C)C(=O)c1ccccc1F)C(C)(C)C. The van der Waals surface area contributed by atoms with E-state index >= 15 is 0 Å². The summed E-state index contributed by atoms with van der Waals surface area (Å²) in [6.07, 6.45) is 0. The average molecular weight is 237 g/mol. The Morgan fingerprint density at radius 2 is 1.82 bits per heavy atom. The first-order chi connectivity index (χ1) is 7.75. The van der Waals surface area contributed by atoms with Gasteiger partial charge in [0, 0.05) is 13.1 Å². The van der Waals surface area contributed by atoms with E-state index in [0.29, 0.717) is 0 Å². The van der Waals surface area contributed by atoms with Crippen LogP contribution in [0.3, 0.4) is 0 Å². The Kier molecular flexibility index (Phi) is 3.91. The van der Waals surface area contributed by atoms with Crippen LogP contribution >= 0.6 is 0 Å². The molecule has 94 valence electrons. The summed E-state index contributed by atoms with van der Waals surface area (Å²) >= 11 is 0. The highest BCUT2D eigenvalue weighted by atomic mass is 19.1. The largest absolute Gasteiger partial charge is 0.338 e. The minimum Gasteiger partial charge on any atom is -0.338 e. The second-order valence-corrected chi connectivity index (χ2v) is 5.44. The zero-order chi connectivity index (χ0) is 13.2. The van der Waals surface area contributed by atoms with E-state index in [9.17, 15) is 9.18 Å². The van der Waals surface area contributed by atoms with Crippen LogP contribution in [0.4, 0.5) is 4.39 Å². The smallest absolute Gasteiger partial charge is 0.256 e. The standard InChI is InChI=1S/C14H20FNO/c1-10(14(2,3)4)16(5)13(17)11-8-6-7-9-12(11)15/h6-10H,1-5H3. The molecule has 0 N–H and O–H groups in total. The van der Waals surface area contributed by atoms with Gasteiger partial charge in [-0.25, -0.2) is 4.39 Å². The molecular weight excluding hydrogens is 217 g/mol. The lowest BCUT2D eigenvalue weighted by Crippen LogP contribution is -2.43. The minimum atomic E-state index is -0.467. The fraction of sp³-hybridized carbons (Fsp3) is 0.500. The Balaban J connectivity index is 2.95. The summed E-state index contributed by atoms with van der Waals surface area (Å²) in [4.78, 5) is 13.7. The number of carbonyl (C=O) groups excluding carboxylic acids is 1. The Hall–Kier alpha value is -1.38. The van der Waals surface area contributed by atoms with Crippen LogP contribution in [0.25, 0.3) is 0 Å². The number of hydrogen-bond donors (Lipinski definition) is 0. The highest BCUT2D eigenvalue weighted by molar-refractivity contribution is 5.94. The fourth-order valence-electron chi connectivity index (χ4n) is 1.58. The van der Waals surface area contributed by atoms with Crippen molar-refractivity contribution in [3.63, 3.8) is 0 Å². The molecule has 0 spiro atoms. The molecule has 17 heavy (non-hydrogen) atoms. The van der Waals surface area contributed by atoms with Gasteiger partial charge in [0.25, 0.3) is 5.91 Å². The van der Waals surface area contributed by atoms with E-state index in [0.717, 1.165) is 0 Å². The van der Waals surface area contributed by atoms with Crippen molar-refractivity contribution in [1.82, 2.24) is 4.90 Å². The predicted octanol–water partition coefficient (Wildman–Crippen LogP) is 3.33. The van der Waals surface area contributed by atoms with Gasteiger partial charge < -0.3 is 4.90 Å². The van der Waals surface area contributed by atoms with Crippen molar-refractivity contribution in [1.29, 1.82) is 0 Å². The molecular formula is C14H20FNO. The third-order valence-corrected chi connectivity index (χ3v) is 3.26. The molecule has 2 nitrogen and oxygen atoms in total. The molecule has 0 aromatic heterocycles. The molecule has 0 heterocycles. The van der Waals surface area contributed by atoms with Crippen LogP contribution in [-0.2, 0) is 0 Å². The molecule has 0 radical (unpaired) electrons. The third kappa shape index (κ3) is 3.05. The molecule has 0 aliphatic rings. The Morgan fingerprint density at radius 3 is 2.29 bits per heavy atom. The van der Waals surface area contributed by atoms with Crippen molar-refractivity contribution in [3.05, 3.63) is 35.6 Å². The van der Waals surface area contributed by atoms with Gasteiger partial charge in [0.15, 0.2) is 0 Å². The Bertz CT molecular complexity index is 409. The van der Waals surface area contributed by atoms with Crippen molar-refractivity contribution < 1.29 is 9.18 Å². The van der Waals surface area contributed by atoms with Gasteiger partial charge >= 0.3 is 0 Å². The molecule has 0 saturated heterocycles. The van der Waals surface area contributed by atoms with Gasteiger partial charge in [-0.2, -0.15) is 0 Å². The first-order valence-corrected chi connectivity index (χ1v) is 5.77. The maximum atomic E-state index is 13.5. The number of rotatable bonds is 2. The molecule has 1 atom stereocenters. The molecule has 1 aromatic rings. The van der Waals surface area contributed by atoms with Crippen molar-refractivity contribution in [2.75, 3.05) is 7.05 Å². The normalized spacial score (nSPS) is 13.3. The zero-order valence-electron chi connectivity index (χ0n) is 11.1. The maximum Gasteiger partial charge on any atom is 0.256 e. The molecule has 3 heteroatoms. The van der Waals surface area contributed by atoms with E-state index in [1.807, 2.05) is 6.92 Å². The summed E-state index contributed by atoms with van der Waals surface area (Å²) in [7, 11) is 1.71. The van der Waals surface area contributed by atoms with Gasteiger partial charge in [-0.05, 0) is 24.5 Å². The third-order valence-electron chi connectivity index (χ3n) is 3.26. The number of benzene rings is 1. The molecule has 1 amide bonds. The first-order valence-electron chi connectivity index (χ1n) is 5.77. The Labute approximate surface area is 102 Å². The minimum absolute atomic E-state index is 0.0321. The molecule has 0 bridgehead atoms. The van der Waals surface area contributed by atoms with Crippen LogP contribution in [0.1, 0.15) is 38.1 Å². The topological polar surface area (TPSA) is 20.3 Å². The molecule has 0 aliphatic carbocycles. The predicted molar refractivity (Wildman–Crippen MR) is 67.4 cm³/mol. The Morgan fingerprint density at radius 1 is 1.29 bits per heavy atom. The monoisotopic (exact) mass is 237 g/mol. The molecule has 1 aromatic carbocycles. The van der Waals surface area contributed by atoms with Gasteiger partial charge in [0.05, 0.1) is 5.56 Å². The maximum absolute atomic E-state index is 13.5. The van der Waals surface area contributed by atoms with E-state index in [2.05, 4.69) is 20.8 Å². The van der Waals surface area contributed by atoms with Gasteiger partial charge in [-0.3, -0.25) is 4.79 Å². The second kappa shape index (κ2) is 4.86. The van der Waals surface area contributed by atoms with Crippen LogP contribution in [0.5, 0.6) is 0 Å². The van der Waals surface area contributed by atoms with Crippen LogP contribution < -0.4 is 0 Å². The van der Waals surface area contributed by atoms with Crippen LogP contribution in [0, 0.1) is 11.2 Å². The first kappa shape index (κ1) is 13.7. The summed E-state index contributed by atoms with van der Waals surface area (Å²) in [5, 5.41) is 0. The van der Waals surface area contributed by atoms with Crippen LogP contribution in [0.15, 0.2) is 24.3 Å². The fourth-order valence-corrected chi connectivity index (χ4v) is 1.58. The highest BCUT2D eigenvalue weighted by Crippen LogP contribution is 2.24. The molecule has 1 rings (SSSR count). The lowest BCUT2D eigenvalue weighted by atomic mass is 9.87. The summed E-state index contributed by atoms with van der Waals surface area (Å²) < 4.78 is 13.5. The number of carbonyl (C=O) groups is 1. The van der Waals surface area contributed by atoms with Gasteiger partial charge in [-0.15, -0.1) is 0 Å². The second-order valence-electron chi connectivity index (χ2n) is 5.44. The number of halogens is 1. The van der Waals surface area contributed by atoms with Gasteiger partial charge in [0.1, 0.15) is 5.82 Å². The summed E-state index contributed by atoms with van der Waals surface area (Å²) in [6, 6.07) is 6.12. The number of hydrogen-bond acceptors (Lipinski definition) is 1. The summed E-state index contributed by atoms with van der Waals surface area (Å²) in [5.41, 5.74) is 0.0986. The highest BCUT2D eigenvalue weighted by Gasteiger charge is 2.28. The summed E-state index contributed by atoms with van der Waals surface area (Å²) in [5.74, 6) is -0.740. The number of amides is 1. The molecule has 0 fully saturated rings. The van der Waals surface area contributed by atoms with E-state index < -0.39 is 5.82 Å². The van der Waals surface area contributed by atoms with E-state index in [1.54, 1.807) is 24.1 Å². The van der Waals surface area contributed by atoms with E-state index in [-0.39, 0.29) is 22.9 Å². The van der Waals surface area contributed by atoms with Crippen LogP contribution in [0.2, 0.25) is 0 Å². The van der Waals surface area contributed by atoms with Crippen molar-refractivity contribution >= 4 is 5.91 Å². The lowest BCUT2D eigenvalue weighted by molar-refractivity contribution is 0.0624. The molecule has 0 saturated carbocycles. The average Bonchev–Trinajstić information content (AvgIpc) is 2.25. The number of nitrogens with zero attached hydrogens (tertiary/aromatic N) is 1. The van der Waals surface area contributed by atoms with Gasteiger partial charge in [-0.1, -0.05) is 32.9 Å². The summed E-state index contributed by atoms with van der Waals surface area (Å²) in [6.45, 7) is 8.15. The van der Waals surface area contributed by atoms with E-state index in [1.165, 1.54) is 12.1 Å². The molecule has 0 aliphatic heterocycles. The molecule has 1 unspecified atom stereocenters. The van der Waals surface area contributed by atoms with Gasteiger partial charge in [0.2, 0.25) is 0 Å². The van der Waals surface area contributed by atoms with Crippen molar-refractivity contribution in [2.24, 2.45) is 5.41 Å². The van der Waals surface area contributed by atoms with E-state index in [4.69, 9.17) is 0 Å². The van der Waals surface area contributed by atoms with Crippen LogP contribution in [-0.4, -0.2) is 23.9 Å². The zero-order valence-corrected chi connectivity index (χ0v) is 11.1. The van der Waals surface area contributed by atoms with Crippen molar-refractivity contribution in [3.8, 4) is 0 Å².